The molecule has 154 valence electrons. The van der Waals surface area contributed by atoms with Gasteiger partial charge in [-0.25, -0.2) is 0 Å². The van der Waals surface area contributed by atoms with E-state index in [4.69, 9.17) is 0 Å². The minimum Gasteiger partial charge on any atom is -0.350 e. The normalized spacial score (nSPS) is 23.7. The van der Waals surface area contributed by atoms with Crippen LogP contribution in [0.5, 0.6) is 0 Å². The summed E-state index contributed by atoms with van der Waals surface area (Å²) in [4.78, 5) is 25.7. The summed E-state index contributed by atoms with van der Waals surface area (Å²) in [6.07, 6.45) is -3.59. The number of nitrogens with one attached hydrogen (secondary N) is 3. The molecule has 1 aromatic rings. The minimum atomic E-state index is -4.43. The first-order valence-corrected chi connectivity index (χ1v) is 9.46. The smallest absolute Gasteiger partial charge is 0.350 e. The van der Waals surface area contributed by atoms with Gasteiger partial charge in [0.05, 0.1) is 0 Å². The Hall–Kier alpha value is -2.13. The van der Waals surface area contributed by atoms with Crippen LogP contribution in [0.3, 0.4) is 0 Å². The lowest BCUT2D eigenvalue weighted by Gasteiger charge is -2.35. The van der Waals surface area contributed by atoms with E-state index in [0.717, 1.165) is 6.42 Å². The monoisotopic (exact) mass is 398 g/mol. The van der Waals surface area contributed by atoms with Crippen molar-refractivity contribution in [3.63, 3.8) is 0 Å². The molecule has 1 saturated heterocycles. The van der Waals surface area contributed by atoms with Gasteiger partial charge in [0.25, 0.3) is 5.91 Å². The molecule has 3 rings (SSSR count). The second-order valence-corrected chi connectivity index (χ2v) is 7.44. The maximum Gasteiger partial charge on any atom is 0.405 e. The number of carbonyl (C=O) groups is 2. The van der Waals surface area contributed by atoms with Crippen molar-refractivity contribution in [2.75, 3.05) is 38.0 Å². The topological polar surface area (TPSA) is 73.5 Å². The van der Waals surface area contributed by atoms with Crippen molar-refractivity contribution in [1.29, 1.82) is 0 Å². The zero-order chi connectivity index (χ0) is 20.3. The van der Waals surface area contributed by atoms with Gasteiger partial charge in [-0.3, -0.25) is 14.5 Å². The van der Waals surface area contributed by atoms with Gasteiger partial charge in [0.2, 0.25) is 5.91 Å². The number of piperazine rings is 1. The van der Waals surface area contributed by atoms with Gasteiger partial charge in [0, 0.05) is 49.9 Å². The fourth-order valence-electron chi connectivity index (χ4n) is 3.40. The molecule has 3 N–H and O–H groups in total. The Morgan fingerprint density at radius 1 is 1.29 bits per heavy atom. The standard InChI is InChI=1S/C19H25F3N4O2/c1-12-9-15(12)18(28)25-14-4-2-3-13(10-14)17(27)24-11-16(19(20,21)22)26-7-5-23-6-8-26/h2-4,10,12,15-16,23H,5-9,11H2,1H3,(H,24,27)(H,25,28). The highest BCUT2D eigenvalue weighted by Gasteiger charge is 2.44. The van der Waals surface area contributed by atoms with Gasteiger partial charge in [-0.1, -0.05) is 13.0 Å². The molecule has 2 amide bonds. The van der Waals surface area contributed by atoms with E-state index in [2.05, 4.69) is 16.0 Å². The average Bonchev–Trinajstić information content (AvgIpc) is 3.38. The van der Waals surface area contributed by atoms with Crippen molar-refractivity contribution in [1.82, 2.24) is 15.5 Å². The third-order valence-electron chi connectivity index (χ3n) is 5.26. The van der Waals surface area contributed by atoms with Crippen molar-refractivity contribution in [2.24, 2.45) is 11.8 Å². The van der Waals surface area contributed by atoms with Crippen LogP contribution in [0.15, 0.2) is 24.3 Å². The maximum atomic E-state index is 13.4. The molecule has 6 nitrogen and oxygen atoms in total. The molecule has 1 aliphatic carbocycles. The number of anilines is 1. The molecule has 28 heavy (non-hydrogen) atoms. The van der Waals surface area contributed by atoms with E-state index in [0.29, 0.717) is 24.7 Å². The van der Waals surface area contributed by atoms with E-state index in [1.54, 1.807) is 12.1 Å². The minimum absolute atomic E-state index is 0.0101. The fraction of sp³-hybridized carbons (Fsp3) is 0.579. The van der Waals surface area contributed by atoms with Crippen molar-refractivity contribution in [2.45, 2.75) is 25.6 Å². The third kappa shape index (κ3) is 5.23. The van der Waals surface area contributed by atoms with Gasteiger partial charge < -0.3 is 16.0 Å². The predicted molar refractivity (Wildman–Crippen MR) is 99.0 cm³/mol. The highest BCUT2D eigenvalue weighted by atomic mass is 19.4. The number of benzene rings is 1. The fourth-order valence-corrected chi connectivity index (χ4v) is 3.40. The Labute approximate surface area is 161 Å². The summed E-state index contributed by atoms with van der Waals surface area (Å²) in [7, 11) is 0. The van der Waals surface area contributed by atoms with Crippen molar-refractivity contribution < 1.29 is 22.8 Å². The molecule has 0 aromatic heterocycles. The molecule has 2 fully saturated rings. The summed E-state index contributed by atoms with van der Waals surface area (Å²) < 4.78 is 40.3. The molecule has 2 aliphatic rings. The molecule has 0 bridgehead atoms. The van der Waals surface area contributed by atoms with E-state index in [9.17, 15) is 22.8 Å². The molecule has 1 aliphatic heterocycles. The Bertz CT molecular complexity index is 719. The van der Waals surface area contributed by atoms with Crippen molar-refractivity contribution in [3.05, 3.63) is 29.8 Å². The molecule has 0 radical (unpaired) electrons. The number of hydrogen-bond acceptors (Lipinski definition) is 4. The molecule has 1 heterocycles. The Balaban J connectivity index is 1.60. The molecule has 1 saturated carbocycles. The summed E-state index contributed by atoms with van der Waals surface area (Å²) in [5, 5.41) is 8.17. The molecule has 0 spiro atoms. The first kappa shape index (κ1) is 20.6. The number of alkyl halides is 3. The van der Waals surface area contributed by atoms with Crippen LogP contribution in [0.25, 0.3) is 0 Å². The number of nitrogens with zero attached hydrogens (tertiary/aromatic N) is 1. The number of rotatable bonds is 6. The Morgan fingerprint density at radius 2 is 1.96 bits per heavy atom. The predicted octanol–water partition coefficient (Wildman–Crippen LogP) is 1.85. The highest BCUT2D eigenvalue weighted by molar-refractivity contribution is 5.98. The zero-order valence-electron chi connectivity index (χ0n) is 15.7. The van der Waals surface area contributed by atoms with E-state index in [1.165, 1.54) is 17.0 Å². The zero-order valence-corrected chi connectivity index (χ0v) is 15.7. The molecule has 9 heteroatoms. The van der Waals surface area contributed by atoms with Gasteiger partial charge in [0.1, 0.15) is 6.04 Å². The van der Waals surface area contributed by atoms with Crippen LogP contribution in [0, 0.1) is 11.8 Å². The van der Waals surface area contributed by atoms with Gasteiger partial charge >= 0.3 is 6.18 Å². The molecular weight excluding hydrogens is 373 g/mol. The van der Waals surface area contributed by atoms with Crippen LogP contribution >= 0.6 is 0 Å². The van der Waals surface area contributed by atoms with E-state index < -0.39 is 24.7 Å². The first-order chi connectivity index (χ1) is 13.3. The van der Waals surface area contributed by atoms with Crippen LogP contribution in [0.1, 0.15) is 23.7 Å². The lowest BCUT2D eigenvalue weighted by Crippen LogP contribution is -2.57. The SMILES string of the molecule is CC1CC1C(=O)Nc1cccc(C(=O)NCC(N2CCNCC2)C(F)(F)F)c1. The molecular formula is C19H25F3N4O2. The number of carbonyl (C=O) groups excluding carboxylic acids is 2. The highest BCUT2D eigenvalue weighted by Crippen LogP contribution is 2.38. The average molecular weight is 398 g/mol. The molecule has 3 unspecified atom stereocenters. The van der Waals surface area contributed by atoms with Gasteiger partial charge in [-0.05, 0) is 30.5 Å². The van der Waals surface area contributed by atoms with Gasteiger partial charge in [-0.2, -0.15) is 13.2 Å². The number of hydrogen-bond donors (Lipinski definition) is 3. The van der Waals surface area contributed by atoms with Crippen LogP contribution < -0.4 is 16.0 Å². The van der Waals surface area contributed by atoms with Crippen molar-refractivity contribution in [3.8, 4) is 0 Å². The summed E-state index contributed by atoms with van der Waals surface area (Å²) >= 11 is 0. The second-order valence-electron chi connectivity index (χ2n) is 7.44. The first-order valence-electron chi connectivity index (χ1n) is 9.46. The largest absolute Gasteiger partial charge is 0.405 e. The van der Waals surface area contributed by atoms with Crippen LogP contribution in [-0.2, 0) is 4.79 Å². The van der Waals surface area contributed by atoms with Crippen LogP contribution in [0.2, 0.25) is 0 Å². The summed E-state index contributed by atoms with van der Waals surface area (Å²) in [6, 6.07) is 4.52. The Morgan fingerprint density at radius 3 is 2.57 bits per heavy atom. The summed E-state index contributed by atoms with van der Waals surface area (Å²) in [5.74, 6) is -0.346. The van der Waals surface area contributed by atoms with Gasteiger partial charge in [0.15, 0.2) is 0 Å². The van der Waals surface area contributed by atoms with Crippen LogP contribution in [-0.4, -0.2) is 61.7 Å². The van der Waals surface area contributed by atoms with Crippen molar-refractivity contribution >= 4 is 17.5 Å². The van der Waals surface area contributed by atoms with Crippen LogP contribution in [0.4, 0.5) is 18.9 Å². The van der Waals surface area contributed by atoms with Gasteiger partial charge in [-0.15, -0.1) is 0 Å². The quantitative estimate of drug-likeness (QED) is 0.684. The number of halogens is 3. The lowest BCUT2D eigenvalue weighted by atomic mass is 10.1. The third-order valence-corrected chi connectivity index (χ3v) is 5.26. The summed E-state index contributed by atoms with van der Waals surface area (Å²) in [6.45, 7) is 3.01. The summed E-state index contributed by atoms with van der Waals surface area (Å²) in [5.41, 5.74) is 0.675. The maximum absolute atomic E-state index is 13.4. The van der Waals surface area contributed by atoms with E-state index in [-0.39, 0.29) is 30.5 Å². The molecule has 1 aromatic carbocycles. The molecule has 3 atom stereocenters. The number of amides is 2. The van der Waals surface area contributed by atoms with E-state index in [1.807, 2.05) is 6.92 Å². The lowest BCUT2D eigenvalue weighted by molar-refractivity contribution is -0.183. The second kappa shape index (κ2) is 8.48. The van der Waals surface area contributed by atoms with E-state index >= 15 is 0 Å². The Kier molecular flexibility index (Phi) is 6.24.